The average Bonchev–Trinajstić information content (AvgIpc) is 3.95. The maximum Gasteiger partial charge on any atom is 0.131 e. The van der Waals surface area contributed by atoms with Crippen LogP contribution in [0.5, 0.6) is 0 Å². The lowest BCUT2D eigenvalue weighted by Crippen LogP contribution is -2.25. The molecule has 0 saturated heterocycles. The normalized spacial score (nSPS) is 12.6. The number of rotatable bonds is 16. The Kier molecular flexibility index (Phi) is 12.8. The summed E-state index contributed by atoms with van der Waals surface area (Å²) in [5, 5.41) is 36.5. The van der Waals surface area contributed by atoms with Crippen LogP contribution < -0.4 is 0 Å². The van der Waals surface area contributed by atoms with E-state index in [1.54, 1.807) is 34.8 Å². The molecule has 0 N–H and O–H groups in total. The monoisotopic (exact) mass is 714 g/mol. The van der Waals surface area contributed by atoms with Gasteiger partial charge in [-0.1, -0.05) is 65.2 Å². The van der Waals surface area contributed by atoms with Crippen molar-refractivity contribution in [2.45, 2.75) is 83.5 Å². The first-order chi connectivity index (χ1) is 24.0. The number of nitrogens with zero attached hydrogens (tertiary/aromatic N) is 4. The number of fused-ring (bicyclic) bond motifs is 3. The Labute approximate surface area is 306 Å². The summed E-state index contributed by atoms with van der Waals surface area (Å²) in [6.07, 6.45) is 24.3. The van der Waals surface area contributed by atoms with Crippen molar-refractivity contribution in [1.82, 2.24) is 0 Å². The van der Waals surface area contributed by atoms with E-state index in [4.69, 9.17) is 21.0 Å². The number of unbranched alkanes of at least 4 members (excludes halogenated alkanes) is 6. The quantitative estimate of drug-likeness (QED) is 0.0852. The lowest BCUT2D eigenvalue weighted by atomic mass is 9.71. The van der Waals surface area contributed by atoms with Crippen molar-refractivity contribution < 1.29 is 0 Å². The predicted molar refractivity (Wildman–Crippen MR) is 211 cm³/mol. The molecule has 0 radical (unpaired) electrons. The average molecular weight is 715 g/mol. The van der Waals surface area contributed by atoms with Crippen LogP contribution in [-0.4, -0.2) is 0 Å². The lowest BCUT2D eigenvalue weighted by Gasteiger charge is -2.31. The molecule has 0 fully saturated rings. The van der Waals surface area contributed by atoms with Gasteiger partial charge in [-0.25, -0.2) is 0 Å². The van der Waals surface area contributed by atoms with Crippen LogP contribution in [-0.2, 0) is 5.41 Å². The summed E-state index contributed by atoms with van der Waals surface area (Å²) in [6.45, 7) is 4.55. The van der Waals surface area contributed by atoms with Gasteiger partial charge in [0.05, 0.1) is 0 Å². The lowest BCUT2D eigenvalue weighted by molar-refractivity contribution is 0.402. The molecule has 49 heavy (non-hydrogen) atoms. The molecule has 4 aromatic rings. The number of allylic oxidation sites excluding steroid dienone is 2. The maximum absolute atomic E-state index is 9.13. The number of hydrogen-bond donors (Lipinski definition) is 0. The van der Waals surface area contributed by atoms with Crippen LogP contribution in [0.15, 0.2) is 47.5 Å². The zero-order chi connectivity index (χ0) is 34.6. The van der Waals surface area contributed by atoms with Gasteiger partial charge in [-0.3, -0.25) is 0 Å². The van der Waals surface area contributed by atoms with Crippen LogP contribution in [0.25, 0.3) is 46.2 Å². The topological polar surface area (TPSA) is 95.2 Å². The van der Waals surface area contributed by atoms with Gasteiger partial charge in [0.15, 0.2) is 0 Å². The summed E-state index contributed by atoms with van der Waals surface area (Å²) >= 11 is 6.93. The second kappa shape index (κ2) is 17.4. The molecule has 1 aliphatic carbocycles. The molecular weight excluding hydrogens is 677 g/mol. The summed E-state index contributed by atoms with van der Waals surface area (Å²) in [4.78, 5) is 9.31. The third-order valence-electron chi connectivity index (χ3n) is 8.83. The first kappa shape index (κ1) is 36.0. The molecule has 5 rings (SSSR count). The minimum atomic E-state index is 0.0229. The Bertz CT molecular complexity index is 1880. The van der Waals surface area contributed by atoms with Gasteiger partial charge in [-0.05, 0) is 96.8 Å². The van der Waals surface area contributed by atoms with E-state index in [0.29, 0.717) is 0 Å². The molecule has 0 aliphatic heterocycles. The summed E-state index contributed by atoms with van der Waals surface area (Å²) in [7, 11) is 0. The smallest absolute Gasteiger partial charge is 0.131 e. The van der Waals surface area contributed by atoms with Gasteiger partial charge in [0.2, 0.25) is 0 Å². The zero-order valence-corrected chi connectivity index (χ0v) is 31.2. The first-order valence-corrected chi connectivity index (χ1v) is 20.1. The predicted octanol–water partition coefficient (Wildman–Crippen LogP) is 13.3. The van der Waals surface area contributed by atoms with Crippen molar-refractivity contribution in [3.63, 3.8) is 0 Å². The van der Waals surface area contributed by atoms with Crippen molar-refractivity contribution in [3.05, 3.63) is 87.9 Å². The van der Waals surface area contributed by atoms with Gasteiger partial charge in [-0.15, -0.1) is 45.3 Å². The van der Waals surface area contributed by atoms with E-state index >= 15 is 0 Å². The van der Waals surface area contributed by atoms with E-state index in [1.807, 2.05) is 71.2 Å². The molecule has 0 amide bonds. The van der Waals surface area contributed by atoms with E-state index < -0.39 is 0 Å². The zero-order valence-electron chi connectivity index (χ0n) is 27.9. The number of hydrogen-bond acceptors (Lipinski definition) is 8. The van der Waals surface area contributed by atoms with Gasteiger partial charge < -0.3 is 0 Å². The highest BCUT2D eigenvalue weighted by atomic mass is 32.1. The molecule has 8 heteroatoms. The van der Waals surface area contributed by atoms with E-state index in [0.717, 1.165) is 19.5 Å². The van der Waals surface area contributed by atoms with E-state index in [9.17, 15) is 0 Å². The van der Waals surface area contributed by atoms with Gasteiger partial charge in [0, 0.05) is 44.4 Å². The van der Waals surface area contributed by atoms with Crippen molar-refractivity contribution in [3.8, 4) is 34.0 Å². The van der Waals surface area contributed by atoms with E-state index in [2.05, 4.69) is 50.3 Å². The molecule has 246 valence electrons. The second-order valence-corrected chi connectivity index (χ2v) is 16.7. The van der Waals surface area contributed by atoms with Crippen molar-refractivity contribution in [2.75, 3.05) is 0 Å². The summed E-state index contributed by atoms with van der Waals surface area (Å²) in [5.41, 5.74) is 3.26. The second-order valence-electron chi connectivity index (χ2n) is 12.2. The van der Waals surface area contributed by atoms with Gasteiger partial charge in [0.1, 0.15) is 35.4 Å². The van der Waals surface area contributed by atoms with Gasteiger partial charge >= 0.3 is 0 Å². The molecule has 0 bridgehead atoms. The fourth-order valence-corrected chi connectivity index (χ4v) is 10.6. The maximum atomic E-state index is 9.13. The minimum absolute atomic E-state index is 0.0229. The molecule has 4 heterocycles. The van der Waals surface area contributed by atoms with Gasteiger partial charge in [-0.2, -0.15) is 21.0 Å². The van der Waals surface area contributed by atoms with Crippen LogP contribution in [0, 0.1) is 45.3 Å². The minimum Gasteiger partial charge on any atom is -0.192 e. The molecule has 4 nitrogen and oxygen atoms in total. The van der Waals surface area contributed by atoms with E-state index in [1.165, 1.54) is 94.8 Å². The highest BCUT2D eigenvalue weighted by molar-refractivity contribution is 7.23. The SMILES string of the molecule is CCCCCCC1(CCCCCC)c2cc(/C=C/c3ccc(C=C(C#N)C#N)s3)sc2-c2sc(/C=C/c3ccc(C=C(C#N)C#N)s3)cc21. The Morgan fingerprint density at radius 1 is 0.531 bits per heavy atom. The Morgan fingerprint density at radius 2 is 0.918 bits per heavy atom. The fraction of sp³-hybridized carbons (Fsp3) is 0.317. The third kappa shape index (κ3) is 8.66. The van der Waals surface area contributed by atoms with Crippen molar-refractivity contribution in [1.29, 1.82) is 21.0 Å². The highest BCUT2D eigenvalue weighted by Crippen LogP contribution is 2.60. The number of nitriles is 4. The molecule has 0 aromatic carbocycles. The largest absolute Gasteiger partial charge is 0.192 e. The standard InChI is InChI=1S/C41H38N4S4/c1-3-5-7-9-19-41(20-10-8-6-4-2)37-23-35(17-13-31-11-15-33(46-31)21-29(25-42)26-43)48-39(37)40-38(41)24-36(49-40)18-14-32-12-16-34(47-32)22-30(27-44)28-45/h11-18,21-24H,3-10,19-20H2,1-2H3/b17-13+,18-14+. The molecule has 1 aliphatic rings. The Balaban J connectivity index is 1.49. The summed E-state index contributed by atoms with van der Waals surface area (Å²) in [6, 6.07) is 20.7. The number of thiophene rings is 4. The molecular formula is C41H38N4S4. The molecule has 0 saturated carbocycles. The molecule has 0 spiro atoms. The highest BCUT2D eigenvalue weighted by Gasteiger charge is 2.45. The van der Waals surface area contributed by atoms with Crippen LogP contribution in [0.4, 0.5) is 0 Å². The summed E-state index contributed by atoms with van der Waals surface area (Å²) < 4.78 is 0. The van der Waals surface area contributed by atoms with Crippen LogP contribution in [0.1, 0.15) is 118 Å². The third-order valence-corrected chi connectivity index (χ3v) is 13.2. The molecule has 4 aromatic heterocycles. The molecule has 0 unspecified atom stereocenters. The Morgan fingerprint density at radius 3 is 1.31 bits per heavy atom. The van der Waals surface area contributed by atoms with Crippen molar-refractivity contribution in [2.24, 2.45) is 0 Å². The van der Waals surface area contributed by atoms with E-state index in [-0.39, 0.29) is 16.6 Å². The molecule has 0 atom stereocenters. The Hall–Kier alpha value is -4.28. The van der Waals surface area contributed by atoms with Crippen LogP contribution in [0.3, 0.4) is 0 Å². The first-order valence-electron chi connectivity index (χ1n) is 16.9. The van der Waals surface area contributed by atoms with Crippen LogP contribution in [0.2, 0.25) is 0 Å². The van der Waals surface area contributed by atoms with Crippen LogP contribution >= 0.6 is 45.3 Å². The van der Waals surface area contributed by atoms with Gasteiger partial charge in [0.25, 0.3) is 0 Å². The fourth-order valence-electron chi connectivity index (χ4n) is 6.41. The van der Waals surface area contributed by atoms with Crippen molar-refractivity contribution >= 4 is 81.8 Å². The summed E-state index contributed by atoms with van der Waals surface area (Å²) in [5.74, 6) is 0.